The summed E-state index contributed by atoms with van der Waals surface area (Å²) >= 11 is 0. The third-order valence-corrected chi connectivity index (χ3v) is 2.74. The minimum absolute atomic E-state index is 0.0746. The van der Waals surface area contributed by atoms with Crippen molar-refractivity contribution < 1.29 is 23.2 Å². The number of aliphatic hydroxyl groups excluding tert-OH is 2. The largest absolute Gasteiger partial charge is 0.394 e. The summed E-state index contributed by atoms with van der Waals surface area (Å²) in [5.41, 5.74) is 0. The maximum atomic E-state index is 10.6. The van der Waals surface area contributed by atoms with Crippen LogP contribution in [-0.2, 0) is 10.1 Å². The van der Waals surface area contributed by atoms with E-state index in [1.807, 2.05) is 0 Å². The number of hydrogen-bond donors (Lipinski definition) is 4. The second kappa shape index (κ2) is 5.51. The van der Waals surface area contributed by atoms with Gasteiger partial charge in [0.2, 0.25) is 0 Å². The molecule has 0 aromatic carbocycles. The molecule has 0 aromatic heterocycles. The zero-order valence-corrected chi connectivity index (χ0v) is 8.16. The Hall–Kier alpha value is -0.210. The Morgan fingerprint density at radius 1 is 1.46 bits per heavy atom. The summed E-state index contributed by atoms with van der Waals surface area (Å²) in [6, 6.07) is 0. The molecule has 80 valence electrons. The van der Waals surface area contributed by atoms with Gasteiger partial charge in [-0.25, -0.2) is 0 Å². The SMILES string of the molecule is CCC(NCC(O)CO)S(=O)(=O)O. The highest BCUT2D eigenvalue weighted by atomic mass is 32.2. The molecule has 0 saturated heterocycles. The Bertz CT molecular complexity index is 227. The van der Waals surface area contributed by atoms with Crippen LogP contribution in [0.15, 0.2) is 0 Å². The van der Waals surface area contributed by atoms with Gasteiger partial charge in [-0.1, -0.05) is 6.92 Å². The first-order chi connectivity index (χ1) is 5.91. The molecule has 4 N–H and O–H groups in total. The van der Waals surface area contributed by atoms with Crippen molar-refractivity contribution in [2.45, 2.75) is 24.8 Å². The predicted octanol–water partition coefficient (Wildman–Crippen LogP) is -1.45. The van der Waals surface area contributed by atoms with E-state index in [9.17, 15) is 8.42 Å². The molecule has 0 heterocycles. The van der Waals surface area contributed by atoms with E-state index >= 15 is 0 Å². The minimum atomic E-state index is -4.12. The second-order valence-corrected chi connectivity index (χ2v) is 4.26. The van der Waals surface area contributed by atoms with E-state index in [1.165, 1.54) is 0 Å². The summed E-state index contributed by atoms with van der Waals surface area (Å²) in [5, 5.41) is 18.6. The normalized spacial score (nSPS) is 16.9. The average molecular weight is 213 g/mol. The summed E-state index contributed by atoms with van der Waals surface area (Å²) in [6.45, 7) is 1.06. The van der Waals surface area contributed by atoms with Crippen LogP contribution in [0.5, 0.6) is 0 Å². The topological polar surface area (TPSA) is 107 Å². The standard InChI is InChI=1S/C6H15NO5S/c1-2-6(13(10,11)12)7-3-5(9)4-8/h5-9H,2-4H2,1H3,(H,10,11,12). The Balaban J connectivity index is 4.01. The highest BCUT2D eigenvalue weighted by Gasteiger charge is 2.20. The zero-order valence-electron chi connectivity index (χ0n) is 7.34. The van der Waals surface area contributed by atoms with Crippen molar-refractivity contribution in [3.05, 3.63) is 0 Å². The molecule has 0 aromatic rings. The van der Waals surface area contributed by atoms with Crippen molar-refractivity contribution in [2.24, 2.45) is 0 Å². The van der Waals surface area contributed by atoms with Gasteiger partial charge in [0.05, 0.1) is 12.7 Å². The molecule has 0 saturated carbocycles. The van der Waals surface area contributed by atoms with Crippen LogP contribution in [0.3, 0.4) is 0 Å². The molecule has 13 heavy (non-hydrogen) atoms. The van der Waals surface area contributed by atoms with Gasteiger partial charge in [0.25, 0.3) is 10.1 Å². The van der Waals surface area contributed by atoms with Crippen molar-refractivity contribution in [1.29, 1.82) is 0 Å². The molecule has 0 radical (unpaired) electrons. The van der Waals surface area contributed by atoms with Gasteiger partial charge in [-0.15, -0.1) is 0 Å². The summed E-state index contributed by atoms with van der Waals surface area (Å²) in [5.74, 6) is 0. The quantitative estimate of drug-likeness (QED) is 0.402. The van der Waals surface area contributed by atoms with Gasteiger partial charge in [-0.2, -0.15) is 8.42 Å². The lowest BCUT2D eigenvalue weighted by Crippen LogP contribution is -2.41. The summed E-state index contributed by atoms with van der Waals surface area (Å²) in [4.78, 5) is 0. The molecule has 0 aliphatic rings. The maximum Gasteiger partial charge on any atom is 0.281 e. The summed E-state index contributed by atoms with van der Waals surface area (Å²) < 4.78 is 29.9. The first-order valence-corrected chi connectivity index (χ1v) is 5.40. The van der Waals surface area contributed by atoms with Crippen molar-refractivity contribution in [1.82, 2.24) is 5.32 Å². The van der Waals surface area contributed by atoms with Crippen LogP contribution >= 0.6 is 0 Å². The van der Waals surface area contributed by atoms with E-state index in [0.717, 1.165) is 0 Å². The van der Waals surface area contributed by atoms with Crippen LogP contribution in [0, 0.1) is 0 Å². The predicted molar refractivity (Wildman–Crippen MR) is 46.7 cm³/mol. The van der Waals surface area contributed by atoms with Gasteiger partial charge in [-0.05, 0) is 6.42 Å². The Labute approximate surface area is 77.3 Å². The van der Waals surface area contributed by atoms with Crippen LogP contribution in [-0.4, -0.2) is 47.8 Å². The molecular weight excluding hydrogens is 198 g/mol. The lowest BCUT2D eigenvalue weighted by molar-refractivity contribution is 0.0935. The molecule has 6 nitrogen and oxygen atoms in total. The lowest BCUT2D eigenvalue weighted by Gasteiger charge is -2.15. The van der Waals surface area contributed by atoms with Crippen molar-refractivity contribution in [2.75, 3.05) is 13.2 Å². The Kier molecular flexibility index (Phi) is 5.42. The van der Waals surface area contributed by atoms with E-state index in [2.05, 4.69) is 5.32 Å². The van der Waals surface area contributed by atoms with Gasteiger partial charge >= 0.3 is 0 Å². The molecule has 0 aliphatic heterocycles. The van der Waals surface area contributed by atoms with Crippen molar-refractivity contribution in [3.8, 4) is 0 Å². The summed E-state index contributed by atoms with van der Waals surface area (Å²) in [7, 11) is -4.12. The molecule has 0 spiro atoms. The first kappa shape index (κ1) is 12.8. The third kappa shape index (κ3) is 5.17. The lowest BCUT2D eigenvalue weighted by atomic mass is 10.3. The molecule has 0 bridgehead atoms. The molecular formula is C6H15NO5S. The molecule has 0 rings (SSSR count). The Morgan fingerprint density at radius 3 is 2.31 bits per heavy atom. The highest BCUT2D eigenvalue weighted by molar-refractivity contribution is 7.86. The molecule has 0 aliphatic carbocycles. The van der Waals surface area contributed by atoms with E-state index in [4.69, 9.17) is 14.8 Å². The Morgan fingerprint density at radius 2 is 2.00 bits per heavy atom. The van der Waals surface area contributed by atoms with E-state index in [-0.39, 0.29) is 13.0 Å². The van der Waals surface area contributed by atoms with Gasteiger partial charge in [0, 0.05) is 6.54 Å². The van der Waals surface area contributed by atoms with Gasteiger partial charge in [0.1, 0.15) is 5.37 Å². The monoisotopic (exact) mass is 213 g/mol. The zero-order chi connectivity index (χ0) is 10.5. The number of nitrogens with one attached hydrogen (secondary N) is 1. The smallest absolute Gasteiger partial charge is 0.281 e. The van der Waals surface area contributed by atoms with Crippen molar-refractivity contribution in [3.63, 3.8) is 0 Å². The van der Waals surface area contributed by atoms with Gasteiger partial charge < -0.3 is 10.2 Å². The fraction of sp³-hybridized carbons (Fsp3) is 1.00. The molecule has 7 heteroatoms. The van der Waals surface area contributed by atoms with Crippen LogP contribution < -0.4 is 5.32 Å². The molecule has 2 atom stereocenters. The van der Waals surface area contributed by atoms with E-state index in [1.54, 1.807) is 6.92 Å². The minimum Gasteiger partial charge on any atom is -0.394 e. The highest BCUT2D eigenvalue weighted by Crippen LogP contribution is 1.99. The van der Waals surface area contributed by atoms with Crippen LogP contribution in [0.2, 0.25) is 0 Å². The van der Waals surface area contributed by atoms with Crippen molar-refractivity contribution >= 4 is 10.1 Å². The average Bonchev–Trinajstić information content (AvgIpc) is 2.02. The molecule has 2 unspecified atom stereocenters. The van der Waals surface area contributed by atoms with Crippen LogP contribution in [0.25, 0.3) is 0 Å². The number of rotatable bonds is 6. The van der Waals surface area contributed by atoms with Crippen LogP contribution in [0.4, 0.5) is 0 Å². The molecule has 0 amide bonds. The maximum absolute atomic E-state index is 10.6. The second-order valence-electron chi connectivity index (χ2n) is 2.66. The summed E-state index contributed by atoms with van der Waals surface area (Å²) in [6.07, 6.45) is -0.826. The third-order valence-electron chi connectivity index (χ3n) is 1.52. The van der Waals surface area contributed by atoms with E-state index < -0.39 is 28.2 Å². The van der Waals surface area contributed by atoms with Crippen LogP contribution in [0.1, 0.15) is 13.3 Å². The number of hydrogen-bond acceptors (Lipinski definition) is 5. The van der Waals surface area contributed by atoms with E-state index in [0.29, 0.717) is 0 Å². The van der Waals surface area contributed by atoms with Gasteiger partial charge in [0.15, 0.2) is 0 Å². The number of aliphatic hydroxyl groups is 2. The fourth-order valence-corrected chi connectivity index (χ4v) is 1.52. The molecule has 0 fully saturated rings. The fourth-order valence-electron chi connectivity index (χ4n) is 0.792. The first-order valence-electron chi connectivity index (χ1n) is 3.90. The van der Waals surface area contributed by atoms with Gasteiger partial charge in [-0.3, -0.25) is 9.87 Å².